The van der Waals surface area contributed by atoms with E-state index in [2.05, 4.69) is 5.32 Å². The largest absolute Gasteiger partial charge is 0.382 e. The predicted octanol–water partition coefficient (Wildman–Crippen LogP) is 2.57. The van der Waals surface area contributed by atoms with Gasteiger partial charge in [0.1, 0.15) is 0 Å². The van der Waals surface area contributed by atoms with Crippen LogP contribution < -0.4 is 10.5 Å². The summed E-state index contributed by atoms with van der Waals surface area (Å²) < 4.78 is 22.6. The first-order valence-corrected chi connectivity index (χ1v) is 9.46. The molecule has 1 aromatic carbocycles. The van der Waals surface area contributed by atoms with Crippen molar-refractivity contribution in [3.63, 3.8) is 0 Å². The quantitative estimate of drug-likeness (QED) is 0.901. The molecular formula is C16H22N2O2S. The molecule has 3 N–H and O–H groups in total. The topological polar surface area (TPSA) is 72.2 Å². The monoisotopic (exact) mass is 306 g/mol. The molecule has 1 aromatic rings. The molecular weight excluding hydrogens is 284 g/mol. The maximum Gasteiger partial charge on any atom is 0.238 e. The molecule has 5 unspecified atom stereocenters. The van der Waals surface area contributed by atoms with Gasteiger partial charge in [0.25, 0.3) is 0 Å². The molecule has 3 fully saturated rings. The zero-order chi connectivity index (χ0) is 14.6. The number of nitrogens with one attached hydrogen (secondary N) is 1. The van der Waals surface area contributed by atoms with E-state index in [-0.39, 0.29) is 4.90 Å². The highest BCUT2D eigenvalue weighted by Crippen LogP contribution is 2.59. The normalized spacial score (nSPS) is 37.7. The molecule has 0 radical (unpaired) electrons. The Morgan fingerprint density at radius 1 is 1.00 bits per heavy atom. The second kappa shape index (κ2) is 4.71. The van der Waals surface area contributed by atoms with Crippen LogP contribution in [0.5, 0.6) is 0 Å². The Labute approximate surface area is 126 Å². The van der Waals surface area contributed by atoms with Crippen molar-refractivity contribution < 1.29 is 8.42 Å². The van der Waals surface area contributed by atoms with Crippen molar-refractivity contribution in [1.29, 1.82) is 0 Å². The molecule has 3 aliphatic rings. The van der Waals surface area contributed by atoms with Crippen LogP contribution >= 0.6 is 0 Å². The molecule has 21 heavy (non-hydrogen) atoms. The van der Waals surface area contributed by atoms with E-state index < -0.39 is 10.0 Å². The Morgan fingerprint density at radius 2 is 1.71 bits per heavy atom. The number of rotatable bonds is 3. The van der Waals surface area contributed by atoms with E-state index in [0.717, 1.165) is 29.4 Å². The highest BCUT2D eigenvalue weighted by molar-refractivity contribution is 7.89. The second-order valence-corrected chi connectivity index (χ2v) is 8.54. The van der Waals surface area contributed by atoms with E-state index in [9.17, 15) is 8.42 Å². The standard InChI is InChI=1S/C16H22N2O2S/c17-21(19,20)12-6-4-11(5-7-12)18-16-9-10-8-15(16)14-3-1-2-13(10)14/h4-7,10,13-16,18H,1-3,8-9H2,(H2,17,19,20). The van der Waals surface area contributed by atoms with Crippen LogP contribution in [-0.2, 0) is 10.0 Å². The number of benzene rings is 1. The van der Waals surface area contributed by atoms with Gasteiger partial charge in [0.2, 0.25) is 10.0 Å². The van der Waals surface area contributed by atoms with Gasteiger partial charge in [-0.05, 0) is 73.6 Å². The third kappa shape index (κ3) is 2.27. The fraction of sp³-hybridized carbons (Fsp3) is 0.625. The van der Waals surface area contributed by atoms with Gasteiger partial charge in [-0.25, -0.2) is 13.6 Å². The van der Waals surface area contributed by atoms with Gasteiger partial charge < -0.3 is 5.32 Å². The first kappa shape index (κ1) is 13.6. The van der Waals surface area contributed by atoms with Gasteiger partial charge in [-0.2, -0.15) is 0 Å². The van der Waals surface area contributed by atoms with Crippen molar-refractivity contribution in [2.45, 2.75) is 43.0 Å². The lowest BCUT2D eigenvalue weighted by atomic mass is 9.79. The Balaban J connectivity index is 1.48. The van der Waals surface area contributed by atoms with Gasteiger partial charge in [-0.3, -0.25) is 0 Å². The van der Waals surface area contributed by atoms with Gasteiger partial charge in [-0.15, -0.1) is 0 Å². The number of anilines is 1. The SMILES string of the molecule is NS(=O)(=O)c1ccc(NC2CC3CC2C2CCCC32)cc1. The third-order valence-corrected chi connectivity index (χ3v) is 6.89. The molecule has 0 aromatic heterocycles. The number of hydrogen-bond acceptors (Lipinski definition) is 3. The van der Waals surface area contributed by atoms with Crippen LogP contribution in [0.15, 0.2) is 29.2 Å². The van der Waals surface area contributed by atoms with Gasteiger partial charge in [0, 0.05) is 11.7 Å². The smallest absolute Gasteiger partial charge is 0.238 e. The molecule has 5 heteroatoms. The number of sulfonamides is 1. The summed E-state index contributed by atoms with van der Waals surface area (Å²) in [5, 5.41) is 8.76. The summed E-state index contributed by atoms with van der Waals surface area (Å²) in [6, 6.07) is 7.40. The lowest BCUT2D eigenvalue weighted by Gasteiger charge is -2.32. The molecule has 4 rings (SSSR count). The van der Waals surface area contributed by atoms with Gasteiger partial charge >= 0.3 is 0 Å². The van der Waals surface area contributed by atoms with Crippen LogP contribution in [-0.4, -0.2) is 14.5 Å². The molecule has 0 aliphatic heterocycles. The number of fused-ring (bicyclic) bond motifs is 5. The van der Waals surface area contributed by atoms with E-state index in [1.165, 1.54) is 32.1 Å². The van der Waals surface area contributed by atoms with Gasteiger partial charge in [-0.1, -0.05) is 6.42 Å². The molecule has 114 valence electrons. The molecule has 0 heterocycles. The summed E-state index contributed by atoms with van der Waals surface area (Å²) in [6.45, 7) is 0. The summed E-state index contributed by atoms with van der Waals surface area (Å²) in [5.74, 6) is 3.67. The molecule has 0 amide bonds. The molecule has 4 nitrogen and oxygen atoms in total. The first-order valence-electron chi connectivity index (χ1n) is 7.92. The molecule has 3 aliphatic carbocycles. The van der Waals surface area contributed by atoms with E-state index in [0.29, 0.717) is 6.04 Å². The van der Waals surface area contributed by atoms with Crippen molar-refractivity contribution in [2.75, 3.05) is 5.32 Å². The van der Waals surface area contributed by atoms with Crippen molar-refractivity contribution in [3.05, 3.63) is 24.3 Å². The molecule has 0 spiro atoms. The fourth-order valence-corrected chi connectivity index (χ4v) is 5.70. The van der Waals surface area contributed by atoms with Crippen molar-refractivity contribution in [3.8, 4) is 0 Å². The first-order chi connectivity index (χ1) is 10.0. The Bertz CT molecular complexity index is 641. The van der Waals surface area contributed by atoms with Crippen LogP contribution in [0.25, 0.3) is 0 Å². The minimum absolute atomic E-state index is 0.178. The van der Waals surface area contributed by atoms with Crippen molar-refractivity contribution >= 4 is 15.7 Å². The van der Waals surface area contributed by atoms with E-state index in [1.54, 1.807) is 12.1 Å². The summed E-state index contributed by atoms with van der Waals surface area (Å²) in [5.41, 5.74) is 1.01. The summed E-state index contributed by atoms with van der Waals surface area (Å²) in [6.07, 6.45) is 6.94. The van der Waals surface area contributed by atoms with E-state index in [1.807, 2.05) is 12.1 Å². The van der Waals surface area contributed by atoms with Crippen molar-refractivity contribution in [1.82, 2.24) is 0 Å². The molecule has 5 atom stereocenters. The van der Waals surface area contributed by atoms with Gasteiger partial charge in [0.15, 0.2) is 0 Å². The van der Waals surface area contributed by atoms with Gasteiger partial charge in [0.05, 0.1) is 4.90 Å². The average molecular weight is 306 g/mol. The third-order valence-electron chi connectivity index (χ3n) is 5.96. The highest BCUT2D eigenvalue weighted by Gasteiger charge is 2.53. The van der Waals surface area contributed by atoms with Crippen LogP contribution in [0, 0.1) is 23.7 Å². The minimum Gasteiger partial charge on any atom is -0.382 e. The highest BCUT2D eigenvalue weighted by atomic mass is 32.2. The zero-order valence-electron chi connectivity index (χ0n) is 12.0. The van der Waals surface area contributed by atoms with Crippen LogP contribution in [0.4, 0.5) is 5.69 Å². The van der Waals surface area contributed by atoms with Crippen molar-refractivity contribution in [2.24, 2.45) is 28.8 Å². The number of hydrogen-bond donors (Lipinski definition) is 2. The Hall–Kier alpha value is -1.07. The number of nitrogens with two attached hydrogens (primary N) is 1. The lowest BCUT2D eigenvalue weighted by molar-refractivity contribution is 0.243. The Kier molecular flexibility index (Phi) is 3.05. The predicted molar refractivity (Wildman–Crippen MR) is 82.3 cm³/mol. The summed E-state index contributed by atoms with van der Waals surface area (Å²) in [4.78, 5) is 0.178. The summed E-state index contributed by atoms with van der Waals surface area (Å²) >= 11 is 0. The molecule has 3 saturated carbocycles. The maximum absolute atomic E-state index is 11.3. The van der Waals surface area contributed by atoms with E-state index in [4.69, 9.17) is 5.14 Å². The summed E-state index contributed by atoms with van der Waals surface area (Å²) in [7, 11) is -3.59. The number of primary sulfonamides is 1. The molecule has 2 bridgehead atoms. The average Bonchev–Trinajstić information content (AvgIpc) is 3.10. The maximum atomic E-state index is 11.3. The fourth-order valence-electron chi connectivity index (χ4n) is 5.19. The Morgan fingerprint density at radius 3 is 2.43 bits per heavy atom. The lowest BCUT2D eigenvalue weighted by Crippen LogP contribution is -2.33. The van der Waals surface area contributed by atoms with Crippen LogP contribution in [0.1, 0.15) is 32.1 Å². The van der Waals surface area contributed by atoms with E-state index >= 15 is 0 Å². The van der Waals surface area contributed by atoms with Crippen LogP contribution in [0.2, 0.25) is 0 Å². The second-order valence-electron chi connectivity index (χ2n) is 6.97. The molecule has 0 saturated heterocycles. The minimum atomic E-state index is -3.59. The zero-order valence-corrected chi connectivity index (χ0v) is 12.9. The van der Waals surface area contributed by atoms with Crippen LogP contribution in [0.3, 0.4) is 0 Å².